The molecular formula is C28H20O4. The molecule has 4 aromatic carbocycles. The summed E-state index contributed by atoms with van der Waals surface area (Å²) in [5.74, 6) is -0.121. The van der Waals surface area contributed by atoms with Crippen molar-refractivity contribution in [3.8, 4) is 11.5 Å². The average Bonchev–Trinajstić information content (AvgIpc) is 2.82. The summed E-state index contributed by atoms with van der Waals surface area (Å²) in [5, 5.41) is 1.73. The molecule has 0 saturated carbocycles. The highest BCUT2D eigenvalue weighted by Crippen LogP contribution is 2.25. The first-order valence-corrected chi connectivity index (χ1v) is 10.1. The van der Waals surface area contributed by atoms with Crippen LogP contribution in [0.25, 0.3) is 22.9 Å². The fraction of sp³-hybridized carbons (Fsp3) is 0. The standard InChI is InChI=1S/C28H20O4/c29-27(17-11-21-7-3-1-4-8-21)31-25-15-13-23-14-16-26(20-24(23)19-25)32-28(30)18-12-22-9-5-2-6-10-22/h1-20H. The lowest BCUT2D eigenvalue weighted by molar-refractivity contribution is -0.129. The molecule has 4 nitrogen and oxygen atoms in total. The summed E-state index contributed by atoms with van der Waals surface area (Å²) in [6.45, 7) is 0. The van der Waals surface area contributed by atoms with Crippen molar-refractivity contribution in [1.82, 2.24) is 0 Å². The number of benzene rings is 4. The Balaban J connectivity index is 1.43. The maximum Gasteiger partial charge on any atom is 0.336 e. The van der Waals surface area contributed by atoms with Crippen LogP contribution in [0.5, 0.6) is 11.5 Å². The zero-order valence-electron chi connectivity index (χ0n) is 17.2. The van der Waals surface area contributed by atoms with Gasteiger partial charge in [0.2, 0.25) is 0 Å². The van der Waals surface area contributed by atoms with E-state index in [0.717, 1.165) is 21.9 Å². The van der Waals surface area contributed by atoms with E-state index in [0.29, 0.717) is 11.5 Å². The van der Waals surface area contributed by atoms with Crippen molar-refractivity contribution in [1.29, 1.82) is 0 Å². The number of fused-ring (bicyclic) bond motifs is 1. The molecule has 0 heterocycles. The van der Waals surface area contributed by atoms with Crippen LogP contribution in [0.2, 0.25) is 0 Å². The van der Waals surface area contributed by atoms with Crippen LogP contribution in [0.1, 0.15) is 11.1 Å². The second-order valence-electron chi connectivity index (χ2n) is 7.00. The van der Waals surface area contributed by atoms with Crippen molar-refractivity contribution >= 4 is 34.9 Å². The first-order chi connectivity index (χ1) is 15.7. The molecule has 4 heteroatoms. The second kappa shape index (κ2) is 10.0. The van der Waals surface area contributed by atoms with Crippen LogP contribution >= 0.6 is 0 Å². The minimum absolute atomic E-state index is 0.410. The fourth-order valence-electron chi connectivity index (χ4n) is 3.09. The van der Waals surface area contributed by atoms with Crippen molar-refractivity contribution in [3.63, 3.8) is 0 Å². The maximum atomic E-state index is 12.1. The molecule has 4 aromatic rings. The minimum atomic E-state index is -0.471. The van der Waals surface area contributed by atoms with E-state index in [-0.39, 0.29) is 0 Å². The lowest BCUT2D eigenvalue weighted by Gasteiger charge is -2.06. The van der Waals surface area contributed by atoms with Gasteiger partial charge in [0.15, 0.2) is 0 Å². The largest absolute Gasteiger partial charge is 0.423 e. The Morgan fingerprint density at radius 1 is 0.531 bits per heavy atom. The summed E-state index contributed by atoms with van der Waals surface area (Å²) < 4.78 is 10.8. The summed E-state index contributed by atoms with van der Waals surface area (Å²) in [4.78, 5) is 24.3. The third-order valence-electron chi connectivity index (χ3n) is 4.64. The van der Waals surface area contributed by atoms with Crippen molar-refractivity contribution in [2.45, 2.75) is 0 Å². The Hall–Kier alpha value is -4.44. The van der Waals surface area contributed by atoms with Crippen LogP contribution < -0.4 is 9.47 Å². The number of carbonyl (C=O) groups excluding carboxylic acids is 2. The minimum Gasteiger partial charge on any atom is -0.423 e. The summed E-state index contributed by atoms with van der Waals surface area (Å²) in [6.07, 6.45) is 6.17. The lowest BCUT2D eigenvalue weighted by Crippen LogP contribution is -2.04. The number of hydrogen-bond acceptors (Lipinski definition) is 4. The number of carbonyl (C=O) groups is 2. The molecule has 0 atom stereocenters. The molecule has 0 fully saturated rings. The van der Waals surface area contributed by atoms with Gasteiger partial charge in [0, 0.05) is 12.2 Å². The lowest BCUT2D eigenvalue weighted by atomic mass is 10.1. The third-order valence-corrected chi connectivity index (χ3v) is 4.64. The van der Waals surface area contributed by atoms with E-state index in [2.05, 4.69) is 0 Å². The molecule has 4 rings (SSSR count). The van der Waals surface area contributed by atoms with E-state index in [9.17, 15) is 9.59 Å². The van der Waals surface area contributed by atoms with E-state index in [1.165, 1.54) is 12.2 Å². The smallest absolute Gasteiger partial charge is 0.336 e. The van der Waals surface area contributed by atoms with Crippen molar-refractivity contribution in [3.05, 3.63) is 120 Å². The van der Waals surface area contributed by atoms with Crippen LogP contribution in [-0.4, -0.2) is 11.9 Å². The van der Waals surface area contributed by atoms with E-state index >= 15 is 0 Å². The molecule has 0 aliphatic carbocycles. The Bertz CT molecular complexity index is 1190. The maximum absolute atomic E-state index is 12.1. The van der Waals surface area contributed by atoms with Crippen molar-refractivity contribution in [2.24, 2.45) is 0 Å². The molecule has 0 unspecified atom stereocenters. The molecular weight excluding hydrogens is 400 g/mol. The van der Waals surface area contributed by atoms with E-state index in [1.807, 2.05) is 72.8 Å². The first-order valence-electron chi connectivity index (χ1n) is 10.1. The second-order valence-corrected chi connectivity index (χ2v) is 7.00. The van der Waals surface area contributed by atoms with Crippen molar-refractivity contribution in [2.75, 3.05) is 0 Å². The summed E-state index contributed by atoms with van der Waals surface area (Å²) in [7, 11) is 0. The Morgan fingerprint density at radius 2 is 0.969 bits per heavy atom. The van der Waals surface area contributed by atoms with Crippen LogP contribution in [0, 0.1) is 0 Å². The topological polar surface area (TPSA) is 52.6 Å². The molecule has 0 spiro atoms. The third kappa shape index (κ3) is 5.80. The normalized spacial score (nSPS) is 11.1. The van der Waals surface area contributed by atoms with Gasteiger partial charge < -0.3 is 9.47 Å². The highest BCUT2D eigenvalue weighted by molar-refractivity contribution is 5.92. The molecule has 0 radical (unpaired) electrons. The number of esters is 2. The van der Waals surface area contributed by atoms with Gasteiger partial charge in [0.05, 0.1) is 0 Å². The number of rotatable bonds is 6. The van der Waals surface area contributed by atoms with Gasteiger partial charge in [-0.1, -0.05) is 72.8 Å². The highest BCUT2D eigenvalue weighted by atomic mass is 16.5. The van der Waals surface area contributed by atoms with Gasteiger partial charge in [-0.15, -0.1) is 0 Å². The zero-order chi connectivity index (χ0) is 22.2. The highest BCUT2D eigenvalue weighted by Gasteiger charge is 2.06. The van der Waals surface area contributed by atoms with Gasteiger partial charge in [0.25, 0.3) is 0 Å². The molecule has 0 amide bonds. The Labute approximate surface area is 186 Å². The zero-order valence-corrected chi connectivity index (χ0v) is 17.2. The van der Waals surface area contributed by atoms with Crippen LogP contribution in [0.3, 0.4) is 0 Å². The van der Waals surface area contributed by atoms with Gasteiger partial charge >= 0.3 is 11.9 Å². The van der Waals surface area contributed by atoms with Crippen molar-refractivity contribution < 1.29 is 19.1 Å². The monoisotopic (exact) mass is 420 g/mol. The van der Waals surface area contributed by atoms with Crippen LogP contribution in [0.15, 0.2) is 109 Å². The molecule has 156 valence electrons. The first kappa shape index (κ1) is 20.8. The van der Waals surface area contributed by atoms with Gasteiger partial charge in [-0.05, 0) is 58.3 Å². The molecule has 0 N–H and O–H groups in total. The van der Waals surface area contributed by atoms with Gasteiger partial charge in [-0.3, -0.25) is 0 Å². The summed E-state index contributed by atoms with van der Waals surface area (Å²) >= 11 is 0. The van der Waals surface area contributed by atoms with Crippen LogP contribution in [-0.2, 0) is 9.59 Å². The van der Waals surface area contributed by atoms with E-state index in [1.54, 1.807) is 36.4 Å². The predicted octanol–water partition coefficient (Wildman–Crippen LogP) is 6.08. The van der Waals surface area contributed by atoms with Gasteiger partial charge in [0.1, 0.15) is 11.5 Å². The van der Waals surface area contributed by atoms with E-state index < -0.39 is 11.9 Å². The number of ether oxygens (including phenoxy) is 2. The van der Waals surface area contributed by atoms with Gasteiger partial charge in [-0.2, -0.15) is 0 Å². The van der Waals surface area contributed by atoms with E-state index in [4.69, 9.17) is 9.47 Å². The van der Waals surface area contributed by atoms with Crippen LogP contribution in [0.4, 0.5) is 0 Å². The molecule has 0 aliphatic heterocycles. The predicted molar refractivity (Wildman–Crippen MR) is 126 cm³/mol. The molecule has 0 bridgehead atoms. The number of hydrogen-bond donors (Lipinski definition) is 0. The Morgan fingerprint density at radius 3 is 1.41 bits per heavy atom. The SMILES string of the molecule is O=C(C=Cc1ccccc1)Oc1ccc2ccc(OC(=O)C=Cc3ccccc3)cc2c1. The van der Waals surface area contributed by atoms with Gasteiger partial charge in [-0.25, -0.2) is 9.59 Å². The quantitative estimate of drug-likeness (QED) is 0.216. The summed E-state index contributed by atoms with van der Waals surface area (Å²) in [5.41, 5.74) is 1.83. The molecule has 0 aliphatic rings. The molecule has 32 heavy (non-hydrogen) atoms. The molecule has 0 aromatic heterocycles. The summed E-state index contributed by atoms with van der Waals surface area (Å²) in [6, 6.07) is 29.6. The Kier molecular flexibility index (Phi) is 6.54. The fourth-order valence-corrected chi connectivity index (χ4v) is 3.09. The average molecular weight is 420 g/mol. The molecule has 0 saturated heterocycles.